The third-order valence-corrected chi connectivity index (χ3v) is 4.23. The van der Waals surface area contributed by atoms with E-state index in [4.69, 9.17) is 0 Å². The van der Waals surface area contributed by atoms with Gasteiger partial charge in [0, 0.05) is 11.4 Å². The molecule has 1 nitrogen and oxygen atoms in total. The number of rotatable bonds is 10. The van der Waals surface area contributed by atoms with E-state index in [-0.39, 0.29) is 0 Å². The van der Waals surface area contributed by atoms with Gasteiger partial charge in [0.15, 0.2) is 0 Å². The van der Waals surface area contributed by atoms with Crippen molar-refractivity contribution in [1.29, 1.82) is 0 Å². The summed E-state index contributed by atoms with van der Waals surface area (Å²) < 4.78 is 0. The second-order valence-corrected chi connectivity index (χ2v) is 5.83. The summed E-state index contributed by atoms with van der Waals surface area (Å²) in [6.07, 6.45) is 9.75. The fraction of sp³-hybridized carbons (Fsp3) is 0.733. The molecule has 0 saturated heterocycles. The number of thiophene rings is 1. The molecule has 0 amide bonds. The van der Waals surface area contributed by atoms with Crippen molar-refractivity contribution >= 4 is 11.3 Å². The van der Waals surface area contributed by atoms with Crippen LogP contribution in [0.25, 0.3) is 0 Å². The molecule has 1 heterocycles. The standard InChI is InChI=1S/C15H27NS/c1-3-4-5-6-7-8-9-11-16-13-15-14(2)10-12-17-15/h10,12,16H,3-9,11,13H2,1-2H3. The zero-order valence-corrected chi connectivity index (χ0v) is 12.2. The van der Waals surface area contributed by atoms with E-state index in [1.807, 2.05) is 11.3 Å². The molecule has 1 rings (SSSR count). The van der Waals surface area contributed by atoms with Crippen LogP contribution in [0.4, 0.5) is 0 Å². The first-order chi connectivity index (χ1) is 8.34. The molecule has 0 atom stereocenters. The molecule has 1 aromatic rings. The van der Waals surface area contributed by atoms with Crippen molar-refractivity contribution in [2.24, 2.45) is 0 Å². The Morgan fingerprint density at radius 2 is 1.76 bits per heavy atom. The third-order valence-electron chi connectivity index (χ3n) is 3.21. The number of aryl methyl sites for hydroxylation is 1. The largest absolute Gasteiger partial charge is 0.312 e. The Hall–Kier alpha value is -0.340. The molecular formula is C15H27NS. The van der Waals surface area contributed by atoms with Crippen LogP contribution in [0.15, 0.2) is 11.4 Å². The lowest BCUT2D eigenvalue weighted by Crippen LogP contribution is -2.14. The molecule has 0 radical (unpaired) electrons. The molecule has 0 bridgehead atoms. The Morgan fingerprint density at radius 3 is 2.41 bits per heavy atom. The van der Waals surface area contributed by atoms with Gasteiger partial charge in [-0.15, -0.1) is 11.3 Å². The molecule has 0 saturated carbocycles. The first kappa shape index (κ1) is 14.7. The van der Waals surface area contributed by atoms with E-state index in [2.05, 4.69) is 30.6 Å². The van der Waals surface area contributed by atoms with Crippen molar-refractivity contribution in [1.82, 2.24) is 5.32 Å². The molecule has 0 aliphatic rings. The molecule has 0 fully saturated rings. The number of nitrogens with one attached hydrogen (secondary N) is 1. The molecule has 2 heteroatoms. The van der Waals surface area contributed by atoms with Gasteiger partial charge in [-0.3, -0.25) is 0 Å². The summed E-state index contributed by atoms with van der Waals surface area (Å²) in [5, 5.41) is 5.72. The Morgan fingerprint density at radius 1 is 1.06 bits per heavy atom. The Kier molecular flexibility index (Phi) is 8.37. The highest BCUT2D eigenvalue weighted by Gasteiger charge is 1.98. The van der Waals surface area contributed by atoms with Crippen LogP contribution < -0.4 is 5.32 Å². The average Bonchev–Trinajstić information content (AvgIpc) is 2.73. The quantitative estimate of drug-likeness (QED) is 0.585. The van der Waals surface area contributed by atoms with E-state index < -0.39 is 0 Å². The Bertz CT molecular complexity index is 280. The molecule has 1 aromatic heterocycles. The molecule has 0 aromatic carbocycles. The lowest BCUT2D eigenvalue weighted by molar-refractivity contribution is 0.563. The average molecular weight is 253 g/mol. The van der Waals surface area contributed by atoms with Crippen molar-refractivity contribution < 1.29 is 0 Å². The summed E-state index contributed by atoms with van der Waals surface area (Å²) in [4.78, 5) is 1.49. The van der Waals surface area contributed by atoms with Gasteiger partial charge in [0.25, 0.3) is 0 Å². The summed E-state index contributed by atoms with van der Waals surface area (Å²) in [5.41, 5.74) is 1.43. The maximum atomic E-state index is 3.54. The van der Waals surface area contributed by atoms with Crippen LogP contribution in [-0.4, -0.2) is 6.54 Å². The van der Waals surface area contributed by atoms with Crippen molar-refractivity contribution in [3.8, 4) is 0 Å². The SMILES string of the molecule is CCCCCCCCCNCc1sccc1C. The van der Waals surface area contributed by atoms with E-state index in [0.29, 0.717) is 0 Å². The summed E-state index contributed by atoms with van der Waals surface area (Å²) >= 11 is 1.86. The smallest absolute Gasteiger partial charge is 0.0302 e. The lowest BCUT2D eigenvalue weighted by atomic mass is 10.1. The Balaban J connectivity index is 1.86. The van der Waals surface area contributed by atoms with E-state index in [9.17, 15) is 0 Å². The first-order valence-corrected chi connectivity index (χ1v) is 7.96. The first-order valence-electron chi connectivity index (χ1n) is 7.08. The molecular weight excluding hydrogens is 226 g/mol. The summed E-state index contributed by atoms with van der Waals surface area (Å²) in [5.74, 6) is 0. The van der Waals surface area contributed by atoms with E-state index in [1.54, 1.807) is 0 Å². The molecule has 0 unspecified atom stereocenters. The fourth-order valence-corrected chi connectivity index (χ4v) is 2.87. The van der Waals surface area contributed by atoms with Gasteiger partial charge in [-0.25, -0.2) is 0 Å². The minimum absolute atomic E-state index is 1.05. The number of hydrogen-bond acceptors (Lipinski definition) is 2. The molecule has 98 valence electrons. The van der Waals surface area contributed by atoms with Crippen molar-refractivity contribution in [2.45, 2.75) is 65.3 Å². The van der Waals surface area contributed by atoms with Crippen LogP contribution in [0.5, 0.6) is 0 Å². The molecule has 0 aliphatic heterocycles. The van der Waals surface area contributed by atoms with Gasteiger partial charge in [0.1, 0.15) is 0 Å². The Labute approximate surface area is 111 Å². The van der Waals surface area contributed by atoms with Gasteiger partial charge in [-0.05, 0) is 36.9 Å². The van der Waals surface area contributed by atoms with Gasteiger partial charge in [-0.1, -0.05) is 45.4 Å². The molecule has 0 spiro atoms. The maximum absolute atomic E-state index is 3.54. The van der Waals surface area contributed by atoms with Gasteiger partial charge in [-0.2, -0.15) is 0 Å². The van der Waals surface area contributed by atoms with Gasteiger partial charge >= 0.3 is 0 Å². The van der Waals surface area contributed by atoms with Crippen LogP contribution in [0.1, 0.15) is 62.3 Å². The second kappa shape index (κ2) is 9.67. The van der Waals surface area contributed by atoms with Crippen LogP contribution in [-0.2, 0) is 6.54 Å². The van der Waals surface area contributed by atoms with Crippen molar-refractivity contribution in [3.63, 3.8) is 0 Å². The topological polar surface area (TPSA) is 12.0 Å². The van der Waals surface area contributed by atoms with Crippen LogP contribution in [0.2, 0.25) is 0 Å². The third kappa shape index (κ3) is 6.85. The predicted molar refractivity (Wildman–Crippen MR) is 78.8 cm³/mol. The zero-order chi connectivity index (χ0) is 12.3. The normalized spacial score (nSPS) is 10.9. The van der Waals surface area contributed by atoms with Crippen molar-refractivity contribution in [3.05, 3.63) is 21.9 Å². The molecule has 17 heavy (non-hydrogen) atoms. The molecule has 0 aliphatic carbocycles. The summed E-state index contributed by atoms with van der Waals surface area (Å²) in [6.45, 7) is 6.70. The van der Waals surface area contributed by atoms with Gasteiger partial charge in [0.2, 0.25) is 0 Å². The monoisotopic (exact) mass is 253 g/mol. The van der Waals surface area contributed by atoms with E-state index in [0.717, 1.165) is 6.54 Å². The highest BCUT2D eigenvalue weighted by Crippen LogP contribution is 2.14. The fourth-order valence-electron chi connectivity index (χ4n) is 1.99. The van der Waals surface area contributed by atoms with Gasteiger partial charge < -0.3 is 5.32 Å². The van der Waals surface area contributed by atoms with Crippen LogP contribution >= 0.6 is 11.3 Å². The second-order valence-electron chi connectivity index (χ2n) is 4.82. The number of unbranched alkanes of at least 4 members (excludes halogenated alkanes) is 6. The lowest BCUT2D eigenvalue weighted by Gasteiger charge is -2.04. The highest BCUT2D eigenvalue weighted by atomic mass is 32.1. The minimum atomic E-state index is 1.05. The summed E-state index contributed by atoms with van der Waals surface area (Å²) in [7, 11) is 0. The van der Waals surface area contributed by atoms with E-state index in [1.165, 1.54) is 61.9 Å². The van der Waals surface area contributed by atoms with E-state index >= 15 is 0 Å². The van der Waals surface area contributed by atoms with Crippen LogP contribution in [0, 0.1) is 6.92 Å². The van der Waals surface area contributed by atoms with Crippen molar-refractivity contribution in [2.75, 3.05) is 6.54 Å². The predicted octanol–water partition coefficient (Wildman–Crippen LogP) is 4.90. The van der Waals surface area contributed by atoms with Crippen LogP contribution in [0.3, 0.4) is 0 Å². The number of hydrogen-bond donors (Lipinski definition) is 1. The zero-order valence-electron chi connectivity index (χ0n) is 11.4. The maximum Gasteiger partial charge on any atom is 0.0302 e. The minimum Gasteiger partial charge on any atom is -0.312 e. The molecule has 1 N–H and O–H groups in total. The highest BCUT2D eigenvalue weighted by molar-refractivity contribution is 7.10. The summed E-state index contributed by atoms with van der Waals surface area (Å²) in [6, 6.07) is 2.20. The van der Waals surface area contributed by atoms with Gasteiger partial charge in [0.05, 0.1) is 0 Å².